The van der Waals surface area contributed by atoms with Gasteiger partial charge in [0, 0.05) is 49.4 Å². The van der Waals surface area contributed by atoms with Crippen LogP contribution in [-0.2, 0) is 4.74 Å². The molecule has 3 amide bonds. The number of urea groups is 1. The topological polar surface area (TPSA) is 82.7 Å². The molecule has 0 aromatic heterocycles. The Morgan fingerprint density at radius 2 is 1.71 bits per heavy atom. The molecule has 0 aliphatic carbocycles. The van der Waals surface area contributed by atoms with E-state index in [1.807, 2.05) is 6.07 Å². The minimum Gasteiger partial charge on any atom is -0.376 e. The van der Waals surface area contributed by atoms with Crippen LogP contribution in [0.3, 0.4) is 0 Å². The van der Waals surface area contributed by atoms with Crippen LogP contribution < -0.4 is 20.9 Å². The molecule has 2 aromatic rings. The number of benzene rings is 2. The van der Waals surface area contributed by atoms with Gasteiger partial charge in [-0.1, -0.05) is 6.92 Å². The normalized spacial score (nSPS) is 18.6. The Morgan fingerprint density at radius 1 is 1.00 bits per heavy atom. The summed E-state index contributed by atoms with van der Waals surface area (Å²) in [7, 11) is 0. The standard InChI is InChI=1S/C25H30F2N4O3/c1-16-8-10-31(11-9-16)23-7-5-17(13-20(23)24(32)28-15-19-3-2-12-34-19)29-25(33)30-18-4-6-21(26)22(27)14-18/h4-7,13-14,16,19H,2-3,8-12,15H2,1H3,(H,28,32)(H2,29,30,33). The monoisotopic (exact) mass is 472 g/mol. The van der Waals surface area contributed by atoms with Gasteiger partial charge < -0.3 is 25.6 Å². The zero-order valence-electron chi connectivity index (χ0n) is 19.2. The second-order valence-electron chi connectivity index (χ2n) is 8.95. The Hall–Kier alpha value is -3.20. The van der Waals surface area contributed by atoms with Crippen molar-refractivity contribution in [3.05, 3.63) is 53.6 Å². The van der Waals surface area contributed by atoms with Gasteiger partial charge in [-0.05, 0) is 61.9 Å². The summed E-state index contributed by atoms with van der Waals surface area (Å²) in [5.41, 5.74) is 1.82. The summed E-state index contributed by atoms with van der Waals surface area (Å²) in [6.45, 7) is 5.09. The first kappa shape index (κ1) is 23.9. The molecule has 0 bridgehead atoms. The number of halogens is 2. The van der Waals surface area contributed by atoms with Gasteiger partial charge in [-0.25, -0.2) is 13.6 Å². The van der Waals surface area contributed by atoms with E-state index in [1.54, 1.807) is 12.1 Å². The Kier molecular flexibility index (Phi) is 7.62. The Morgan fingerprint density at radius 3 is 2.38 bits per heavy atom. The molecule has 2 aromatic carbocycles. The van der Waals surface area contributed by atoms with Crippen LogP contribution in [0.2, 0.25) is 0 Å². The maximum Gasteiger partial charge on any atom is 0.323 e. The Bertz CT molecular complexity index is 1030. The third-order valence-corrected chi connectivity index (χ3v) is 6.32. The molecular formula is C25H30F2N4O3. The van der Waals surface area contributed by atoms with Gasteiger partial charge in [-0.2, -0.15) is 0 Å². The van der Waals surface area contributed by atoms with Gasteiger partial charge in [0.25, 0.3) is 5.91 Å². The molecule has 9 heteroatoms. The lowest BCUT2D eigenvalue weighted by molar-refractivity contribution is 0.0858. The van der Waals surface area contributed by atoms with E-state index in [1.165, 1.54) is 6.07 Å². The Labute approximate surface area is 197 Å². The third-order valence-electron chi connectivity index (χ3n) is 6.32. The number of nitrogens with one attached hydrogen (secondary N) is 3. The highest BCUT2D eigenvalue weighted by Gasteiger charge is 2.23. The number of anilines is 3. The zero-order chi connectivity index (χ0) is 24.1. The predicted octanol–water partition coefficient (Wildman–Crippen LogP) is 4.75. The van der Waals surface area contributed by atoms with Gasteiger partial charge in [-0.3, -0.25) is 4.79 Å². The van der Waals surface area contributed by atoms with Crippen LogP contribution >= 0.6 is 0 Å². The van der Waals surface area contributed by atoms with E-state index in [4.69, 9.17) is 4.74 Å². The summed E-state index contributed by atoms with van der Waals surface area (Å²) in [5.74, 6) is -1.63. The van der Waals surface area contributed by atoms with Crippen molar-refractivity contribution in [2.45, 2.75) is 38.7 Å². The number of carbonyl (C=O) groups is 2. The molecule has 4 rings (SSSR count). The molecule has 7 nitrogen and oxygen atoms in total. The zero-order valence-corrected chi connectivity index (χ0v) is 19.2. The molecule has 2 fully saturated rings. The highest BCUT2D eigenvalue weighted by molar-refractivity contribution is 6.04. The fourth-order valence-corrected chi connectivity index (χ4v) is 4.30. The van der Waals surface area contributed by atoms with Crippen LogP contribution in [0.4, 0.5) is 30.6 Å². The summed E-state index contributed by atoms with van der Waals surface area (Å²) < 4.78 is 32.2. The van der Waals surface area contributed by atoms with Crippen LogP contribution in [0.25, 0.3) is 0 Å². The smallest absolute Gasteiger partial charge is 0.323 e. The van der Waals surface area contributed by atoms with E-state index >= 15 is 0 Å². The molecule has 2 heterocycles. The van der Waals surface area contributed by atoms with Crippen LogP contribution in [-0.4, -0.2) is 44.3 Å². The molecule has 34 heavy (non-hydrogen) atoms. The molecular weight excluding hydrogens is 442 g/mol. The van der Waals surface area contributed by atoms with Gasteiger partial charge in [0.15, 0.2) is 11.6 Å². The fraction of sp³-hybridized carbons (Fsp3) is 0.440. The first-order chi connectivity index (χ1) is 16.4. The van der Waals surface area contributed by atoms with Gasteiger partial charge in [0.2, 0.25) is 0 Å². The van der Waals surface area contributed by atoms with Crippen molar-refractivity contribution in [3.63, 3.8) is 0 Å². The SMILES string of the molecule is CC1CCN(c2ccc(NC(=O)Nc3ccc(F)c(F)c3)cc2C(=O)NCC2CCCO2)CC1. The molecule has 2 aliphatic heterocycles. The predicted molar refractivity (Wildman–Crippen MR) is 127 cm³/mol. The van der Waals surface area contributed by atoms with Gasteiger partial charge >= 0.3 is 6.03 Å². The quantitative estimate of drug-likeness (QED) is 0.567. The summed E-state index contributed by atoms with van der Waals surface area (Å²) in [5, 5.41) is 8.10. The average Bonchev–Trinajstić information content (AvgIpc) is 3.34. The van der Waals surface area contributed by atoms with Gasteiger partial charge in [0.1, 0.15) is 0 Å². The Balaban J connectivity index is 1.49. The maximum absolute atomic E-state index is 13.4. The van der Waals surface area contributed by atoms with Crippen molar-refractivity contribution in [3.8, 4) is 0 Å². The van der Waals surface area contributed by atoms with Crippen LogP contribution in [0.1, 0.15) is 43.0 Å². The maximum atomic E-state index is 13.4. The first-order valence-corrected chi connectivity index (χ1v) is 11.7. The summed E-state index contributed by atoms with van der Waals surface area (Å²) in [4.78, 5) is 27.7. The van der Waals surface area contributed by atoms with Gasteiger partial charge in [0.05, 0.1) is 11.7 Å². The highest BCUT2D eigenvalue weighted by atomic mass is 19.2. The molecule has 1 atom stereocenters. The van der Waals surface area contributed by atoms with E-state index in [9.17, 15) is 18.4 Å². The highest BCUT2D eigenvalue weighted by Crippen LogP contribution is 2.29. The van der Waals surface area contributed by atoms with Crippen molar-refractivity contribution in [2.75, 3.05) is 41.8 Å². The molecule has 0 saturated carbocycles. The molecule has 182 valence electrons. The van der Waals surface area contributed by atoms with E-state index in [2.05, 4.69) is 27.8 Å². The minimum atomic E-state index is -1.05. The van der Waals surface area contributed by atoms with E-state index in [0.717, 1.165) is 56.6 Å². The van der Waals surface area contributed by atoms with Crippen LogP contribution in [0.5, 0.6) is 0 Å². The number of nitrogens with zero attached hydrogens (tertiary/aromatic N) is 1. The summed E-state index contributed by atoms with van der Waals surface area (Å²) >= 11 is 0. The van der Waals surface area contributed by atoms with Gasteiger partial charge in [-0.15, -0.1) is 0 Å². The number of ether oxygens (including phenoxy) is 1. The molecule has 0 radical (unpaired) electrons. The lowest BCUT2D eigenvalue weighted by atomic mass is 9.97. The van der Waals surface area contributed by atoms with Crippen molar-refractivity contribution in [2.24, 2.45) is 5.92 Å². The lowest BCUT2D eigenvalue weighted by Gasteiger charge is -2.33. The summed E-state index contributed by atoms with van der Waals surface area (Å²) in [6, 6.07) is 7.69. The number of amides is 3. The van der Waals surface area contributed by atoms with Crippen molar-refractivity contribution in [1.82, 2.24) is 5.32 Å². The second kappa shape index (κ2) is 10.8. The fourth-order valence-electron chi connectivity index (χ4n) is 4.30. The molecule has 0 spiro atoms. The van der Waals surface area contributed by atoms with E-state index in [0.29, 0.717) is 30.3 Å². The molecule has 2 saturated heterocycles. The average molecular weight is 473 g/mol. The first-order valence-electron chi connectivity index (χ1n) is 11.7. The van der Waals surface area contributed by atoms with Crippen molar-refractivity contribution < 1.29 is 23.1 Å². The number of piperidine rings is 1. The third kappa shape index (κ3) is 6.02. The van der Waals surface area contributed by atoms with E-state index < -0.39 is 17.7 Å². The molecule has 1 unspecified atom stereocenters. The minimum absolute atomic E-state index is 0.0198. The molecule has 3 N–H and O–H groups in total. The molecule has 2 aliphatic rings. The van der Waals surface area contributed by atoms with Crippen LogP contribution in [0, 0.1) is 17.6 Å². The van der Waals surface area contributed by atoms with Crippen molar-refractivity contribution in [1.29, 1.82) is 0 Å². The van der Waals surface area contributed by atoms with Crippen LogP contribution in [0.15, 0.2) is 36.4 Å². The number of carbonyl (C=O) groups excluding carboxylic acids is 2. The second-order valence-corrected chi connectivity index (χ2v) is 8.95. The van der Waals surface area contributed by atoms with Crippen molar-refractivity contribution >= 4 is 29.0 Å². The number of rotatable bonds is 6. The van der Waals surface area contributed by atoms with E-state index in [-0.39, 0.29) is 17.7 Å². The number of hydrogen-bond acceptors (Lipinski definition) is 4. The largest absolute Gasteiger partial charge is 0.376 e. The lowest BCUT2D eigenvalue weighted by Crippen LogP contribution is -2.36. The summed E-state index contributed by atoms with van der Waals surface area (Å²) in [6.07, 6.45) is 4.03. The number of hydrogen-bond donors (Lipinski definition) is 3.